The van der Waals surface area contributed by atoms with Crippen molar-refractivity contribution in [3.8, 4) is 0 Å². The molecule has 0 aromatic heterocycles. The Kier molecular flexibility index (Phi) is 3.54. The molecule has 0 aromatic carbocycles. The molecule has 1 aliphatic carbocycles. The number of likely N-dealkylation sites (tertiary alicyclic amines) is 1. The second kappa shape index (κ2) is 4.94. The summed E-state index contributed by atoms with van der Waals surface area (Å²) >= 11 is 0. The number of rotatable bonds is 4. The lowest BCUT2D eigenvalue weighted by Gasteiger charge is -2.15. The summed E-state index contributed by atoms with van der Waals surface area (Å²) in [7, 11) is 0. The molecule has 1 unspecified atom stereocenters. The van der Waals surface area contributed by atoms with Gasteiger partial charge in [-0.05, 0) is 26.7 Å². The van der Waals surface area contributed by atoms with Crippen molar-refractivity contribution >= 4 is 11.9 Å². The molecule has 3 N–H and O–H groups in total. The zero-order valence-electron chi connectivity index (χ0n) is 10.6. The van der Waals surface area contributed by atoms with Gasteiger partial charge in [0.2, 0.25) is 5.91 Å². The highest BCUT2D eigenvalue weighted by atomic mass is 16.2. The Morgan fingerprint density at radius 3 is 2.88 bits per heavy atom. The maximum Gasteiger partial charge on any atom is 0.223 e. The van der Waals surface area contributed by atoms with Gasteiger partial charge in [-0.25, -0.2) is 0 Å². The number of carbonyl (C=O) groups is 1. The largest absolute Gasteiger partial charge is 0.370 e. The highest BCUT2D eigenvalue weighted by Crippen LogP contribution is 2.32. The van der Waals surface area contributed by atoms with E-state index in [0.717, 1.165) is 6.54 Å². The molecule has 1 aliphatic heterocycles. The summed E-state index contributed by atoms with van der Waals surface area (Å²) in [5.74, 6) is 1.12. The second-order valence-corrected chi connectivity index (χ2v) is 5.37. The minimum Gasteiger partial charge on any atom is -0.370 e. The van der Waals surface area contributed by atoms with Crippen molar-refractivity contribution in [2.24, 2.45) is 16.6 Å². The van der Waals surface area contributed by atoms with Gasteiger partial charge in [0.15, 0.2) is 5.96 Å². The molecule has 5 nitrogen and oxygen atoms in total. The van der Waals surface area contributed by atoms with Crippen LogP contribution in [0.4, 0.5) is 0 Å². The molecule has 1 amide bonds. The van der Waals surface area contributed by atoms with E-state index in [2.05, 4.69) is 10.3 Å². The Morgan fingerprint density at radius 2 is 2.29 bits per heavy atom. The van der Waals surface area contributed by atoms with Crippen LogP contribution in [0.15, 0.2) is 4.99 Å². The van der Waals surface area contributed by atoms with Gasteiger partial charge in [-0.2, -0.15) is 0 Å². The standard InChI is InChI=1S/C12H22N4O/c1-8(2)15-12(13)14-6-9-5-11(17)16(7-9)10-3-4-10/h8-10H,3-7H2,1-2H3,(H3,13,14,15). The van der Waals surface area contributed by atoms with Crippen LogP contribution in [0.2, 0.25) is 0 Å². The minimum absolute atomic E-state index is 0.295. The van der Waals surface area contributed by atoms with E-state index in [4.69, 9.17) is 5.73 Å². The van der Waals surface area contributed by atoms with Crippen molar-refractivity contribution in [2.75, 3.05) is 13.1 Å². The van der Waals surface area contributed by atoms with Gasteiger partial charge in [-0.1, -0.05) is 0 Å². The number of carbonyl (C=O) groups excluding carboxylic acids is 1. The fourth-order valence-corrected chi connectivity index (χ4v) is 2.24. The first kappa shape index (κ1) is 12.2. The van der Waals surface area contributed by atoms with E-state index in [0.29, 0.717) is 42.8 Å². The van der Waals surface area contributed by atoms with E-state index in [9.17, 15) is 4.79 Å². The van der Waals surface area contributed by atoms with E-state index in [1.165, 1.54) is 12.8 Å². The van der Waals surface area contributed by atoms with Gasteiger partial charge < -0.3 is 16.0 Å². The van der Waals surface area contributed by atoms with Crippen LogP contribution < -0.4 is 11.1 Å². The molecule has 5 heteroatoms. The number of nitrogens with zero attached hydrogens (tertiary/aromatic N) is 2. The number of nitrogens with two attached hydrogens (primary N) is 1. The minimum atomic E-state index is 0.295. The van der Waals surface area contributed by atoms with Gasteiger partial charge in [0.05, 0.1) is 0 Å². The second-order valence-electron chi connectivity index (χ2n) is 5.37. The highest BCUT2D eigenvalue weighted by Gasteiger charge is 2.38. The maximum absolute atomic E-state index is 11.7. The zero-order valence-corrected chi connectivity index (χ0v) is 10.6. The molecule has 17 heavy (non-hydrogen) atoms. The lowest BCUT2D eigenvalue weighted by Crippen LogP contribution is -2.37. The maximum atomic E-state index is 11.7. The van der Waals surface area contributed by atoms with Crippen LogP contribution >= 0.6 is 0 Å². The SMILES string of the molecule is CC(C)NC(N)=NCC1CC(=O)N(C2CC2)C1. The van der Waals surface area contributed by atoms with E-state index in [1.54, 1.807) is 0 Å². The highest BCUT2D eigenvalue weighted by molar-refractivity contribution is 5.80. The molecule has 0 aromatic rings. The molecule has 0 spiro atoms. The van der Waals surface area contributed by atoms with E-state index >= 15 is 0 Å². The molecule has 1 atom stereocenters. The number of guanidine groups is 1. The quantitative estimate of drug-likeness (QED) is 0.547. The molecule has 1 saturated heterocycles. The summed E-state index contributed by atoms with van der Waals surface area (Å²) in [6, 6.07) is 0.828. The summed E-state index contributed by atoms with van der Waals surface area (Å²) < 4.78 is 0. The molecule has 0 bridgehead atoms. The van der Waals surface area contributed by atoms with Crippen molar-refractivity contribution in [1.82, 2.24) is 10.2 Å². The molecule has 1 heterocycles. The molecule has 2 rings (SSSR count). The Bertz CT molecular complexity index is 322. The number of hydrogen-bond acceptors (Lipinski definition) is 2. The van der Waals surface area contributed by atoms with Crippen molar-refractivity contribution in [2.45, 2.75) is 45.2 Å². The Hall–Kier alpha value is -1.26. The normalized spacial score (nSPS) is 25.8. The predicted octanol–water partition coefficient (Wildman–Crippen LogP) is 0.310. The first-order valence-corrected chi connectivity index (χ1v) is 6.42. The van der Waals surface area contributed by atoms with Gasteiger partial charge in [0, 0.05) is 37.5 Å². The van der Waals surface area contributed by atoms with Crippen LogP contribution in [-0.4, -0.2) is 41.9 Å². The first-order valence-electron chi connectivity index (χ1n) is 6.42. The average Bonchev–Trinajstić information content (AvgIpc) is 2.99. The van der Waals surface area contributed by atoms with Crippen LogP contribution in [0.25, 0.3) is 0 Å². The number of hydrogen-bond donors (Lipinski definition) is 2. The van der Waals surface area contributed by atoms with Gasteiger partial charge in [-0.3, -0.25) is 9.79 Å². The van der Waals surface area contributed by atoms with Crippen molar-refractivity contribution < 1.29 is 4.79 Å². The summed E-state index contributed by atoms with van der Waals surface area (Å²) in [5.41, 5.74) is 5.73. The number of nitrogens with one attached hydrogen (secondary N) is 1. The molecule has 96 valence electrons. The topological polar surface area (TPSA) is 70.7 Å². The molecular formula is C12H22N4O. The fraction of sp³-hybridized carbons (Fsp3) is 0.833. The average molecular weight is 238 g/mol. The Balaban J connectivity index is 1.78. The van der Waals surface area contributed by atoms with Crippen LogP contribution in [-0.2, 0) is 4.79 Å². The lowest BCUT2D eigenvalue weighted by molar-refractivity contribution is -0.128. The van der Waals surface area contributed by atoms with E-state index in [1.807, 2.05) is 18.7 Å². The van der Waals surface area contributed by atoms with Crippen molar-refractivity contribution in [3.05, 3.63) is 0 Å². The van der Waals surface area contributed by atoms with Crippen LogP contribution in [0.3, 0.4) is 0 Å². The summed E-state index contributed by atoms with van der Waals surface area (Å²) in [5, 5.41) is 3.05. The smallest absolute Gasteiger partial charge is 0.223 e. The van der Waals surface area contributed by atoms with Crippen LogP contribution in [0, 0.1) is 5.92 Å². The Morgan fingerprint density at radius 1 is 1.59 bits per heavy atom. The number of aliphatic imine (C=N–C) groups is 1. The predicted molar refractivity (Wildman–Crippen MR) is 67.6 cm³/mol. The third-order valence-electron chi connectivity index (χ3n) is 3.18. The lowest BCUT2D eigenvalue weighted by atomic mass is 10.1. The van der Waals surface area contributed by atoms with Crippen LogP contribution in [0.5, 0.6) is 0 Å². The summed E-state index contributed by atoms with van der Waals surface area (Å²) in [4.78, 5) is 18.0. The first-order chi connectivity index (χ1) is 8.06. The van der Waals surface area contributed by atoms with E-state index < -0.39 is 0 Å². The van der Waals surface area contributed by atoms with Gasteiger partial charge >= 0.3 is 0 Å². The Labute approximate surface area is 102 Å². The van der Waals surface area contributed by atoms with E-state index in [-0.39, 0.29) is 0 Å². The van der Waals surface area contributed by atoms with Crippen LogP contribution in [0.1, 0.15) is 33.1 Å². The summed E-state index contributed by atoms with van der Waals surface area (Å²) in [6.45, 7) is 5.56. The molecular weight excluding hydrogens is 216 g/mol. The summed E-state index contributed by atoms with van der Waals surface area (Å²) in [6.07, 6.45) is 2.99. The zero-order chi connectivity index (χ0) is 12.4. The third-order valence-corrected chi connectivity index (χ3v) is 3.18. The molecule has 0 radical (unpaired) electrons. The van der Waals surface area contributed by atoms with Crippen molar-refractivity contribution in [1.29, 1.82) is 0 Å². The number of amides is 1. The third kappa shape index (κ3) is 3.35. The molecule has 1 saturated carbocycles. The fourth-order valence-electron chi connectivity index (χ4n) is 2.24. The van der Waals surface area contributed by atoms with Crippen molar-refractivity contribution in [3.63, 3.8) is 0 Å². The van der Waals surface area contributed by atoms with Gasteiger partial charge in [0.1, 0.15) is 0 Å². The molecule has 2 aliphatic rings. The van der Waals surface area contributed by atoms with Gasteiger partial charge in [-0.15, -0.1) is 0 Å². The van der Waals surface area contributed by atoms with Gasteiger partial charge in [0.25, 0.3) is 0 Å². The molecule has 2 fully saturated rings. The monoisotopic (exact) mass is 238 g/mol.